The molecule has 0 spiro atoms. The van der Waals surface area contributed by atoms with E-state index in [0.29, 0.717) is 24.4 Å². The average Bonchev–Trinajstić information content (AvgIpc) is 2.57. The topological polar surface area (TPSA) is 84.7 Å². The Hall–Kier alpha value is -2.86. The summed E-state index contributed by atoms with van der Waals surface area (Å²) in [7, 11) is 1.86. The smallest absolute Gasteiger partial charge is 0.250 e. The van der Waals surface area contributed by atoms with E-state index < -0.39 is 5.91 Å². The molecule has 2 rings (SSSR count). The second-order valence-corrected chi connectivity index (χ2v) is 5.71. The van der Waals surface area contributed by atoms with Crippen LogP contribution in [0.4, 0.5) is 5.69 Å². The van der Waals surface area contributed by atoms with Crippen molar-refractivity contribution in [1.82, 2.24) is 4.90 Å². The van der Waals surface area contributed by atoms with Gasteiger partial charge in [0.2, 0.25) is 5.91 Å². The van der Waals surface area contributed by atoms with Crippen molar-refractivity contribution in [3.63, 3.8) is 0 Å². The van der Waals surface area contributed by atoms with Crippen LogP contribution in [0.3, 0.4) is 0 Å². The van der Waals surface area contributed by atoms with Crippen molar-refractivity contribution in [3.8, 4) is 5.75 Å². The predicted octanol–water partition coefficient (Wildman–Crippen LogP) is 2.25. The minimum Gasteiger partial charge on any atom is -0.494 e. The van der Waals surface area contributed by atoms with E-state index in [9.17, 15) is 9.59 Å². The molecule has 0 aromatic heterocycles. The van der Waals surface area contributed by atoms with E-state index in [2.05, 4.69) is 5.32 Å². The average molecular weight is 341 g/mol. The Labute approximate surface area is 147 Å². The number of anilines is 1. The molecule has 0 aliphatic carbocycles. The molecule has 0 aliphatic rings. The van der Waals surface area contributed by atoms with Gasteiger partial charge in [-0.05, 0) is 43.8 Å². The van der Waals surface area contributed by atoms with Gasteiger partial charge in [0.15, 0.2) is 0 Å². The van der Waals surface area contributed by atoms with E-state index >= 15 is 0 Å². The van der Waals surface area contributed by atoms with Crippen LogP contribution in [0.2, 0.25) is 0 Å². The number of rotatable bonds is 8. The standard InChI is InChI=1S/C19H23N3O3/c1-3-25-15-10-8-14(9-11-15)12-22(2)13-18(23)21-17-7-5-4-6-16(17)19(20)24/h4-11H,3,12-13H2,1-2H3,(H2,20,24)(H,21,23). The van der Waals surface area contributed by atoms with Crippen molar-refractivity contribution >= 4 is 17.5 Å². The molecule has 2 aromatic rings. The largest absolute Gasteiger partial charge is 0.494 e. The predicted molar refractivity (Wildman–Crippen MR) is 97.5 cm³/mol. The van der Waals surface area contributed by atoms with Gasteiger partial charge in [-0.15, -0.1) is 0 Å². The number of likely N-dealkylation sites (N-methyl/N-ethyl adjacent to an activating group) is 1. The maximum Gasteiger partial charge on any atom is 0.250 e. The van der Waals surface area contributed by atoms with Gasteiger partial charge in [-0.2, -0.15) is 0 Å². The number of nitrogens with one attached hydrogen (secondary N) is 1. The van der Waals surface area contributed by atoms with Crippen molar-refractivity contribution in [2.75, 3.05) is 25.5 Å². The highest BCUT2D eigenvalue weighted by molar-refractivity contribution is 6.03. The number of carbonyl (C=O) groups excluding carboxylic acids is 2. The molecule has 2 amide bonds. The van der Waals surface area contributed by atoms with Gasteiger partial charge in [-0.3, -0.25) is 14.5 Å². The second kappa shape index (κ2) is 8.84. The Morgan fingerprint density at radius 3 is 2.44 bits per heavy atom. The van der Waals surface area contributed by atoms with Crippen molar-refractivity contribution in [2.24, 2.45) is 5.73 Å². The van der Waals surface area contributed by atoms with Crippen LogP contribution >= 0.6 is 0 Å². The third kappa shape index (κ3) is 5.61. The van der Waals surface area contributed by atoms with E-state index in [4.69, 9.17) is 10.5 Å². The number of ether oxygens (including phenoxy) is 1. The molecular formula is C19H23N3O3. The minimum absolute atomic E-state index is 0.195. The highest BCUT2D eigenvalue weighted by Gasteiger charge is 2.12. The Bertz CT molecular complexity index is 729. The molecule has 0 atom stereocenters. The van der Waals surface area contributed by atoms with E-state index in [1.807, 2.05) is 43.1 Å². The van der Waals surface area contributed by atoms with Crippen LogP contribution in [-0.4, -0.2) is 36.9 Å². The van der Waals surface area contributed by atoms with Crippen LogP contribution in [0, 0.1) is 0 Å². The number of primary amides is 1. The number of nitrogens with zero attached hydrogens (tertiary/aromatic N) is 1. The first-order valence-corrected chi connectivity index (χ1v) is 8.08. The highest BCUT2D eigenvalue weighted by atomic mass is 16.5. The number of para-hydroxylation sites is 1. The van der Waals surface area contributed by atoms with Gasteiger partial charge in [-0.25, -0.2) is 0 Å². The van der Waals surface area contributed by atoms with Crippen LogP contribution in [0.1, 0.15) is 22.8 Å². The maximum absolute atomic E-state index is 12.2. The first-order valence-electron chi connectivity index (χ1n) is 8.08. The highest BCUT2D eigenvalue weighted by Crippen LogP contribution is 2.15. The normalized spacial score (nSPS) is 10.5. The molecule has 0 fully saturated rings. The fourth-order valence-corrected chi connectivity index (χ4v) is 2.47. The summed E-state index contributed by atoms with van der Waals surface area (Å²) in [5, 5.41) is 2.73. The summed E-state index contributed by atoms with van der Waals surface area (Å²) < 4.78 is 5.41. The molecule has 3 N–H and O–H groups in total. The van der Waals surface area contributed by atoms with Gasteiger partial charge in [0.25, 0.3) is 5.91 Å². The fourth-order valence-electron chi connectivity index (χ4n) is 2.47. The lowest BCUT2D eigenvalue weighted by atomic mass is 10.1. The molecule has 0 bridgehead atoms. The lowest BCUT2D eigenvalue weighted by molar-refractivity contribution is -0.117. The Kier molecular flexibility index (Phi) is 6.54. The second-order valence-electron chi connectivity index (χ2n) is 5.71. The zero-order valence-electron chi connectivity index (χ0n) is 14.5. The zero-order valence-corrected chi connectivity index (χ0v) is 14.5. The van der Waals surface area contributed by atoms with Gasteiger partial charge in [0.1, 0.15) is 5.75 Å². The summed E-state index contributed by atoms with van der Waals surface area (Å²) in [6.07, 6.45) is 0. The van der Waals surface area contributed by atoms with Crippen LogP contribution in [0.25, 0.3) is 0 Å². The number of nitrogens with two attached hydrogens (primary N) is 1. The zero-order chi connectivity index (χ0) is 18.2. The van der Waals surface area contributed by atoms with Crippen LogP contribution in [0.15, 0.2) is 48.5 Å². The Morgan fingerprint density at radius 1 is 1.12 bits per heavy atom. The number of hydrogen-bond donors (Lipinski definition) is 2. The first-order chi connectivity index (χ1) is 12.0. The Balaban J connectivity index is 1.91. The van der Waals surface area contributed by atoms with E-state index in [1.54, 1.807) is 24.3 Å². The molecule has 6 heteroatoms. The van der Waals surface area contributed by atoms with E-state index in [0.717, 1.165) is 11.3 Å². The van der Waals surface area contributed by atoms with E-state index in [1.165, 1.54) is 0 Å². The SMILES string of the molecule is CCOc1ccc(CN(C)CC(=O)Nc2ccccc2C(N)=O)cc1. The quantitative estimate of drug-likeness (QED) is 0.771. The molecule has 2 aromatic carbocycles. The van der Waals surface area contributed by atoms with E-state index in [-0.39, 0.29) is 12.5 Å². The molecule has 0 saturated heterocycles. The van der Waals surface area contributed by atoms with Crippen molar-refractivity contribution < 1.29 is 14.3 Å². The minimum atomic E-state index is -0.571. The fraction of sp³-hybridized carbons (Fsp3) is 0.263. The summed E-state index contributed by atoms with van der Waals surface area (Å²) in [5.41, 5.74) is 7.12. The molecule has 0 heterocycles. The third-order valence-corrected chi connectivity index (χ3v) is 3.57. The van der Waals surface area contributed by atoms with Gasteiger partial charge < -0.3 is 15.8 Å². The van der Waals surface area contributed by atoms with Gasteiger partial charge in [0, 0.05) is 6.54 Å². The number of amides is 2. The van der Waals surface area contributed by atoms with Crippen molar-refractivity contribution in [1.29, 1.82) is 0 Å². The molecule has 0 aliphatic heterocycles. The Morgan fingerprint density at radius 2 is 1.80 bits per heavy atom. The van der Waals surface area contributed by atoms with Crippen molar-refractivity contribution in [2.45, 2.75) is 13.5 Å². The lowest BCUT2D eigenvalue weighted by Crippen LogP contribution is -2.30. The van der Waals surface area contributed by atoms with Gasteiger partial charge >= 0.3 is 0 Å². The lowest BCUT2D eigenvalue weighted by Gasteiger charge is -2.17. The molecule has 0 radical (unpaired) electrons. The molecule has 25 heavy (non-hydrogen) atoms. The molecule has 0 saturated carbocycles. The molecule has 6 nitrogen and oxygen atoms in total. The number of hydrogen-bond acceptors (Lipinski definition) is 4. The van der Waals surface area contributed by atoms with Crippen LogP contribution < -0.4 is 15.8 Å². The molecular weight excluding hydrogens is 318 g/mol. The summed E-state index contributed by atoms with van der Waals surface area (Å²) in [6, 6.07) is 14.5. The maximum atomic E-state index is 12.2. The van der Waals surface area contributed by atoms with Gasteiger partial charge in [0.05, 0.1) is 24.4 Å². The van der Waals surface area contributed by atoms with Crippen LogP contribution in [-0.2, 0) is 11.3 Å². The number of benzene rings is 2. The summed E-state index contributed by atoms with van der Waals surface area (Å²) in [4.78, 5) is 25.5. The number of carbonyl (C=O) groups is 2. The first kappa shape index (κ1) is 18.5. The summed E-state index contributed by atoms with van der Waals surface area (Å²) in [6.45, 7) is 3.39. The molecule has 0 unspecified atom stereocenters. The van der Waals surface area contributed by atoms with Gasteiger partial charge in [-0.1, -0.05) is 24.3 Å². The summed E-state index contributed by atoms with van der Waals surface area (Å²) in [5.74, 6) is 0.0514. The monoisotopic (exact) mass is 341 g/mol. The summed E-state index contributed by atoms with van der Waals surface area (Å²) >= 11 is 0. The third-order valence-electron chi connectivity index (χ3n) is 3.57. The van der Waals surface area contributed by atoms with Crippen molar-refractivity contribution in [3.05, 3.63) is 59.7 Å². The van der Waals surface area contributed by atoms with Crippen LogP contribution in [0.5, 0.6) is 5.75 Å². The molecule has 132 valence electrons.